The van der Waals surface area contributed by atoms with Gasteiger partial charge in [0.1, 0.15) is 5.56 Å². The van der Waals surface area contributed by atoms with Crippen LogP contribution in [0.15, 0.2) is 29.3 Å². The second-order valence-corrected chi connectivity index (χ2v) is 7.55. The van der Waals surface area contributed by atoms with Gasteiger partial charge in [0.25, 0.3) is 5.91 Å². The summed E-state index contributed by atoms with van der Waals surface area (Å²) in [7, 11) is 0. The van der Waals surface area contributed by atoms with Crippen molar-refractivity contribution in [1.82, 2.24) is 14.7 Å². The van der Waals surface area contributed by atoms with Crippen LogP contribution in [0, 0.1) is 6.92 Å². The maximum atomic E-state index is 12.8. The molecule has 26 heavy (non-hydrogen) atoms. The van der Waals surface area contributed by atoms with Crippen LogP contribution >= 0.6 is 23.4 Å². The Morgan fingerprint density at radius 1 is 1.27 bits per heavy atom. The van der Waals surface area contributed by atoms with E-state index in [1.165, 1.54) is 6.20 Å². The van der Waals surface area contributed by atoms with E-state index in [1.54, 1.807) is 34.3 Å². The van der Waals surface area contributed by atoms with Gasteiger partial charge in [0.05, 0.1) is 28.5 Å². The van der Waals surface area contributed by atoms with E-state index in [9.17, 15) is 9.59 Å². The number of carbonyl (C=O) groups excluding carboxylic acids is 1. The summed E-state index contributed by atoms with van der Waals surface area (Å²) >= 11 is 7.79. The van der Waals surface area contributed by atoms with Gasteiger partial charge in [-0.05, 0) is 44.2 Å². The van der Waals surface area contributed by atoms with Crippen LogP contribution in [0.4, 0.5) is 0 Å². The molecule has 0 bridgehead atoms. The number of aromatic nitrogens is 2. The first-order chi connectivity index (χ1) is 12.4. The number of likely N-dealkylation sites (tertiary alicyclic amines) is 1. The number of nitrogens with zero attached hydrogens (tertiary/aromatic N) is 3. The van der Waals surface area contributed by atoms with E-state index in [1.807, 2.05) is 18.4 Å². The van der Waals surface area contributed by atoms with Crippen molar-refractivity contribution in [2.24, 2.45) is 0 Å². The number of hydrogen-bond acceptors (Lipinski definition) is 4. The zero-order valence-corrected chi connectivity index (χ0v) is 16.2. The van der Waals surface area contributed by atoms with Crippen molar-refractivity contribution in [3.05, 3.63) is 46.2 Å². The Bertz CT molecular complexity index is 844. The van der Waals surface area contributed by atoms with E-state index in [0.717, 1.165) is 17.7 Å². The Labute approximate surface area is 161 Å². The van der Waals surface area contributed by atoms with Gasteiger partial charge < -0.3 is 10.0 Å². The van der Waals surface area contributed by atoms with Crippen molar-refractivity contribution in [3.63, 3.8) is 0 Å². The van der Waals surface area contributed by atoms with Gasteiger partial charge in [-0.1, -0.05) is 11.6 Å². The first-order valence-electron chi connectivity index (χ1n) is 8.32. The van der Waals surface area contributed by atoms with Gasteiger partial charge in [-0.25, -0.2) is 4.79 Å². The normalized spacial score (nSPS) is 15.3. The average molecular weight is 394 g/mol. The molecule has 1 fully saturated rings. The number of thioether (sulfide) groups is 1. The maximum Gasteiger partial charge on any atom is 0.339 e. The quantitative estimate of drug-likeness (QED) is 0.801. The minimum atomic E-state index is -0.968. The summed E-state index contributed by atoms with van der Waals surface area (Å²) in [5.74, 6) is -1.03. The Hall–Kier alpha value is -1.99. The number of hydrogen-bond donors (Lipinski definition) is 1. The molecule has 2 heterocycles. The molecule has 8 heteroatoms. The van der Waals surface area contributed by atoms with Crippen molar-refractivity contribution in [1.29, 1.82) is 0 Å². The van der Waals surface area contributed by atoms with Gasteiger partial charge in [0, 0.05) is 18.0 Å². The van der Waals surface area contributed by atoms with Crippen LogP contribution in [0.25, 0.3) is 0 Å². The molecule has 6 nitrogen and oxygen atoms in total. The fourth-order valence-corrected chi connectivity index (χ4v) is 3.92. The lowest BCUT2D eigenvalue weighted by atomic mass is 10.0. The summed E-state index contributed by atoms with van der Waals surface area (Å²) in [5.41, 5.74) is 1.41. The molecule has 1 saturated heterocycles. The van der Waals surface area contributed by atoms with Crippen LogP contribution in [0.2, 0.25) is 5.02 Å². The highest BCUT2D eigenvalue weighted by atomic mass is 35.5. The van der Waals surface area contributed by atoms with Crippen LogP contribution in [0.1, 0.15) is 45.3 Å². The van der Waals surface area contributed by atoms with E-state index >= 15 is 0 Å². The third-order valence-corrected chi connectivity index (χ3v) is 5.83. The zero-order chi connectivity index (χ0) is 18.8. The number of carboxylic acids is 1. The Kier molecular flexibility index (Phi) is 5.58. The molecule has 138 valence electrons. The molecule has 0 saturated carbocycles. The third-order valence-electron chi connectivity index (χ3n) is 4.78. The van der Waals surface area contributed by atoms with Crippen LogP contribution in [-0.2, 0) is 0 Å². The SMILES string of the molecule is CSc1ccc(Cl)c(C(=O)N2CCC(n3ncc(C(=O)O)c3C)CC2)c1. The number of carboxylic acid groups (broad SMARTS) is 1. The van der Waals surface area contributed by atoms with E-state index in [4.69, 9.17) is 16.7 Å². The summed E-state index contributed by atoms with van der Waals surface area (Å²) in [5, 5.41) is 13.9. The minimum Gasteiger partial charge on any atom is -0.478 e. The largest absolute Gasteiger partial charge is 0.478 e. The Balaban J connectivity index is 1.71. The Morgan fingerprint density at radius 2 is 1.96 bits per heavy atom. The molecule has 1 aromatic heterocycles. The molecule has 0 spiro atoms. The summed E-state index contributed by atoms with van der Waals surface area (Å²) in [6.07, 6.45) is 4.81. The molecule has 0 aliphatic carbocycles. The highest BCUT2D eigenvalue weighted by Crippen LogP contribution is 2.28. The highest BCUT2D eigenvalue weighted by Gasteiger charge is 2.28. The molecular weight excluding hydrogens is 374 g/mol. The summed E-state index contributed by atoms with van der Waals surface area (Å²) in [6, 6.07) is 5.59. The molecule has 3 rings (SSSR count). The number of carbonyl (C=O) groups is 2. The first kappa shape index (κ1) is 18.8. The lowest BCUT2D eigenvalue weighted by molar-refractivity contribution is 0.0688. The topological polar surface area (TPSA) is 75.4 Å². The molecule has 0 radical (unpaired) electrons. The maximum absolute atomic E-state index is 12.8. The Morgan fingerprint density at radius 3 is 2.54 bits per heavy atom. The van der Waals surface area contributed by atoms with Crippen molar-refractivity contribution in [2.45, 2.75) is 30.7 Å². The van der Waals surface area contributed by atoms with Crippen molar-refractivity contribution in [3.8, 4) is 0 Å². The molecule has 2 aromatic rings. The average Bonchev–Trinajstić information content (AvgIpc) is 3.03. The van der Waals surface area contributed by atoms with Crippen molar-refractivity contribution in [2.75, 3.05) is 19.3 Å². The number of amides is 1. The number of halogens is 1. The van der Waals surface area contributed by atoms with Crippen molar-refractivity contribution < 1.29 is 14.7 Å². The molecule has 1 aliphatic heterocycles. The summed E-state index contributed by atoms with van der Waals surface area (Å²) < 4.78 is 1.77. The van der Waals surface area contributed by atoms with E-state index in [2.05, 4.69) is 5.10 Å². The minimum absolute atomic E-state index is 0.0623. The van der Waals surface area contributed by atoms with Crippen LogP contribution < -0.4 is 0 Å². The third kappa shape index (κ3) is 3.59. The van der Waals surface area contributed by atoms with Gasteiger partial charge in [-0.2, -0.15) is 5.10 Å². The van der Waals surface area contributed by atoms with Crippen LogP contribution in [0.5, 0.6) is 0 Å². The molecule has 1 aliphatic rings. The fraction of sp³-hybridized carbons (Fsp3) is 0.389. The van der Waals surface area contributed by atoms with Gasteiger partial charge in [0.15, 0.2) is 0 Å². The molecule has 1 amide bonds. The highest BCUT2D eigenvalue weighted by molar-refractivity contribution is 7.98. The van der Waals surface area contributed by atoms with Gasteiger partial charge >= 0.3 is 5.97 Å². The van der Waals surface area contributed by atoms with E-state index in [0.29, 0.717) is 29.4 Å². The predicted octanol–water partition coefficient (Wildman–Crippen LogP) is 3.74. The molecule has 0 atom stereocenters. The second kappa shape index (κ2) is 7.72. The van der Waals surface area contributed by atoms with Gasteiger partial charge in [-0.15, -0.1) is 11.8 Å². The van der Waals surface area contributed by atoms with Crippen molar-refractivity contribution >= 4 is 35.2 Å². The smallest absolute Gasteiger partial charge is 0.339 e. The number of piperidine rings is 1. The number of rotatable bonds is 4. The molecule has 0 unspecified atom stereocenters. The van der Waals surface area contributed by atoms with Gasteiger partial charge in [-0.3, -0.25) is 9.48 Å². The molecule has 1 N–H and O–H groups in total. The second-order valence-electron chi connectivity index (χ2n) is 6.26. The van der Waals surface area contributed by atoms with Gasteiger partial charge in [0.2, 0.25) is 0 Å². The van der Waals surface area contributed by atoms with E-state index in [-0.39, 0.29) is 17.5 Å². The zero-order valence-electron chi connectivity index (χ0n) is 14.6. The lowest BCUT2D eigenvalue weighted by Gasteiger charge is -2.33. The van der Waals surface area contributed by atoms with Crippen LogP contribution in [0.3, 0.4) is 0 Å². The summed E-state index contributed by atoms with van der Waals surface area (Å²) in [6.45, 7) is 2.94. The first-order valence-corrected chi connectivity index (χ1v) is 9.93. The number of benzene rings is 1. The molecule has 1 aromatic carbocycles. The molecular formula is C18H20ClN3O3S. The monoisotopic (exact) mass is 393 g/mol. The standard InChI is InChI=1S/C18H20ClN3O3S/c1-11-15(18(24)25)10-20-22(11)12-5-7-21(8-6-12)17(23)14-9-13(26-2)3-4-16(14)19/h3-4,9-10,12H,5-8H2,1-2H3,(H,24,25). The van der Waals surface area contributed by atoms with E-state index < -0.39 is 5.97 Å². The predicted molar refractivity (Wildman–Crippen MR) is 101 cm³/mol. The summed E-state index contributed by atoms with van der Waals surface area (Å²) in [4.78, 5) is 26.8. The van der Waals surface area contributed by atoms with Crippen LogP contribution in [-0.4, -0.2) is 51.0 Å². The lowest BCUT2D eigenvalue weighted by Crippen LogP contribution is -2.39. The fourth-order valence-electron chi connectivity index (χ4n) is 3.28. The number of aromatic carboxylic acids is 1.